The molecule has 9 nitrogen and oxygen atoms in total. The van der Waals surface area contributed by atoms with Gasteiger partial charge in [0.25, 0.3) is 11.4 Å². The summed E-state index contributed by atoms with van der Waals surface area (Å²) in [5, 5.41) is 22.6. The Hall–Kier alpha value is -4.44. The van der Waals surface area contributed by atoms with E-state index in [1.165, 1.54) is 11.3 Å². The van der Waals surface area contributed by atoms with E-state index in [2.05, 4.69) is 27.1 Å². The van der Waals surface area contributed by atoms with Crippen molar-refractivity contribution in [3.63, 3.8) is 0 Å². The minimum absolute atomic E-state index is 0.0839. The van der Waals surface area contributed by atoms with E-state index in [1.54, 1.807) is 32.4 Å². The van der Waals surface area contributed by atoms with E-state index in [0.29, 0.717) is 34.7 Å². The van der Waals surface area contributed by atoms with Crippen molar-refractivity contribution in [2.24, 2.45) is 0 Å². The normalized spacial score (nSPS) is 11.1. The van der Waals surface area contributed by atoms with E-state index in [-0.39, 0.29) is 29.5 Å². The Morgan fingerprint density at radius 1 is 0.974 bits per heavy atom. The van der Waals surface area contributed by atoms with Gasteiger partial charge in [-0.2, -0.15) is 0 Å². The number of methoxy groups -OCH3 is 2. The molecule has 0 saturated carbocycles. The zero-order valence-corrected chi connectivity index (χ0v) is 22.7. The molecule has 0 aliphatic carbocycles. The van der Waals surface area contributed by atoms with Gasteiger partial charge in [-0.3, -0.25) is 4.79 Å². The third kappa shape index (κ3) is 5.28. The molecule has 10 heteroatoms. The van der Waals surface area contributed by atoms with Gasteiger partial charge in [0.15, 0.2) is 0 Å². The molecular weight excluding hydrogens is 516 g/mol. The number of aromatic amines is 1. The number of hydrogen-bond donors (Lipinski definition) is 2. The lowest BCUT2D eigenvalue weighted by atomic mass is 9.96. The standard InChI is InChI=1S/C29H28N4O5S/c1-4-5-12-19-23(24-20(36-2)13-9-14-21(24)37-3)26(34)25(27(35)31-19)28-33-32-22(38-28)15-18-16-39-29(30-18)17-10-7-6-8-11-17/h6-11,13-14,16H,4-5,12,15H2,1-3H3,(H2,31,34,35). The second kappa shape index (κ2) is 11.5. The van der Waals surface area contributed by atoms with E-state index < -0.39 is 5.56 Å². The number of unbranched alkanes of at least 4 members (excludes halogenated alkanes) is 1. The van der Waals surface area contributed by atoms with Crippen molar-refractivity contribution in [2.75, 3.05) is 14.2 Å². The number of ether oxygens (including phenoxy) is 2. The highest BCUT2D eigenvalue weighted by Gasteiger charge is 2.27. The molecular formula is C29H28N4O5S. The molecule has 2 aromatic carbocycles. The molecule has 0 saturated heterocycles. The van der Waals surface area contributed by atoms with E-state index >= 15 is 0 Å². The molecule has 0 unspecified atom stereocenters. The summed E-state index contributed by atoms with van der Waals surface area (Å²) in [7, 11) is 3.08. The second-order valence-electron chi connectivity index (χ2n) is 8.86. The molecule has 0 amide bonds. The van der Waals surface area contributed by atoms with Gasteiger partial charge < -0.3 is 24.0 Å². The van der Waals surface area contributed by atoms with Gasteiger partial charge in [0.05, 0.1) is 37.5 Å². The van der Waals surface area contributed by atoms with E-state index in [4.69, 9.17) is 13.9 Å². The van der Waals surface area contributed by atoms with Crippen LogP contribution < -0.4 is 15.0 Å². The maximum Gasteiger partial charge on any atom is 0.264 e. The first-order chi connectivity index (χ1) is 19.0. The van der Waals surface area contributed by atoms with Crippen LogP contribution in [0.2, 0.25) is 0 Å². The monoisotopic (exact) mass is 544 g/mol. The maximum atomic E-state index is 13.2. The topological polar surface area (TPSA) is 123 Å². The highest BCUT2D eigenvalue weighted by Crippen LogP contribution is 2.46. The minimum Gasteiger partial charge on any atom is -0.506 e. The van der Waals surface area contributed by atoms with Crippen molar-refractivity contribution in [1.82, 2.24) is 20.2 Å². The third-order valence-corrected chi connectivity index (χ3v) is 7.25. The Bertz CT molecular complexity index is 1620. The summed E-state index contributed by atoms with van der Waals surface area (Å²) >= 11 is 1.52. The number of aromatic nitrogens is 4. The maximum absolute atomic E-state index is 13.2. The number of rotatable bonds is 10. The van der Waals surface area contributed by atoms with Gasteiger partial charge in [-0.05, 0) is 25.0 Å². The molecule has 0 radical (unpaired) electrons. The van der Waals surface area contributed by atoms with Crippen molar-refractivity contribution in [3.8, 4) is 50.4 Å². The van der Waals surface area contributed by atoms with Crippen LogP contribution in [0.3, 0.4) is 0 Å². The smallest absolute Gasteiger partial charge is 0.264 e. The van der Waals surface area contributed by atoms with Crippen molar-refractivity contribution in [3.05, 3.63) is 81.5 Å². The van der Waals surface area contributed by atoms with Gasteiger partial charge in [0.1, 0.15) is 27.8 Å². The van der Waals surface area contributed by atoms with Crippen LogP contribution in [-0.2, 0) is 12.8 Å². The van der Waals surface area contributed by atoms with Crippen molar-refractivity contribution in [1.29, 1.82) is 0 Å². The van der Waals surface area contributed by atoms with E-state index in [9.17, 15) is 9.90 Å². The number of nitrogens with one attached hydrogen (secondary N) is 1. The van der Waals surface area contributed by atoms with Gasteiger partial charge in [-0.1, -0.05) is 49.7 Å². The first kappa shape index (κ1) is 26.2. The number of pyridine rings is 1. The molecule has 5 aromatic rings. The fourth-order valence-corrected chi connectivity index (χ4v) is 5.25. The van der Waals surface area contributed by atoms with Crippen LogP contribution in [0.1, 0.15) is 37.0 Å². The number of hydrogen-bond acceptors (Lipinski definition) is 9. The summed E-state index contributed by atoms with van der Waals surface area (Å²) in [6.07, 6.45) is 2.54. The molecule has 0 atom stereocenters. The molecule has 200 valence electrons. The second-order valence-corrected chi connectivity index (χ2v) is 9.72. The van der Waals surface area contributed by atoms with Gasteiger partial charge in [-0.15, -0.1) is 21.5 Å². The Morgan fingerprint density at radius 2 is 1.72 bits per heavy atom. The first-order valence-electron chi connectivity index (χ1n) is 12.6. The highest BCUT2D eigenvalue weighted by atomic mass is 32.1. The van der Waals surface area contributed by atoms with Gasteiger partial charge in [0.2, 0.25) is 5.89 Å². The number of benzene rings is 2. The number of H-pyrrole nitrogens is 1. The third-order valence-electron chi connectivity index (χ3n) is 6.31. The lowest BCUT2D eigenvalue weighted by Crippen LogP contribution is -2.14. The number of aryl methyl sites for hydroxylation is 1. The number of nitrogens with zero attached hydrogens (tertiary/aromatic N) is 3. The van der Waals surface area contributed by atoms with Crippen molar-refractivity contribution in [2.45, 2.75) is 32.6 Å². The Morgan fingerprint density at radius 3 is 2.41 bits per heavy atom. The minimum atomic E-state index is -0.522. The Balaban J connectivity index is 1.55. The molecule has 2 N–H and O–H groups in total. The Labute approximate surface area is 229 Å². The SMILES string of the molecule is CCCCc1[nH]c(=O)c(-c2nnc(Cc3csc(-c4ccccc4)n3)o2)c(O)c1-c1c(OC)cccc1OC. The van der Waals surface area contributed by atoms with Crippen LogP contribution in [0.25, 0.3) is 33.2 Å². The van der Waals surface area contributed by atoms with Crippen molar-refractivity contribution < 1.29 is 19.0 Å². The zero-order valence-electron chi connectivity index (χ0n) is 21.9. The summed E-state index contributed by atoms with van der Waals surface area (Å²) in [5.74, 6) is 0.899. The molecule has 39 heavy (non-hydrogen) atoms. The predicted octanol–water partition coefficient (Wildman–Crippen LogP) is 5.87. The van der Waals surface area contributed by atoms with Crippen LogP contribution in [0.15, 0.2) is 63.1 Å². The lowest BCUT2D eigenvalue weighted by Gasteiger charge is -2.18. The lowest BCUT2D eigenvalue weighted by molar-refractivity contribution is 0.396. The largest absolute Gasteiger partial charge is 0.506 e. The molecule has 0 fully saturated rings. The predicted molar refractivity (Wildman–Crippen MR) is 150 cm³/mol. The van der Waals surface area contributed by atoms with E-state index in [1.807, 2.05) is 35.7 Å². The van der Waals surface area contributed by atoms with Gasteiger partial charge >= 0.3 is 0 Å². The quantitative estimate of drug-likeness (QED) is 0.224. The van der Waals surface area contributed by atoms with Gasteiger partial charge in [0, 0.05) is 16.6 Å². The molecule has 0 aliphatic heterocycles. The highest BCUT2D eigenvalue weighted by molar-refractivity contribution is 7.13. The van der Waals surface area contributed by atoms with Crippen LogP contribution >= 0.6 is 11.3 Å². The summed E-state index contributed by atoms with van der Waals surface area (Å²) in [6.45, 7) is 2.06. The molecule has 0 aliphatic rings. The average molecular weight is 545 g/mol. The van der Waals surface area contributed by atoms with Crippen LogP contribution in [0.5, 0.6) is 17.2 Å². The van der Waals surface area contributed by atoms with E-state index in [0.717, 1.165) is 29.1 Å². The summed E-state index contributed by atoms with van der Waals surface area (Å²) in [4.78, 5) is 20.8. The van der Waals surface area contributed by atoms with Crippen molar-refractivity contribution >= 4 is 11.3 Å². The summed E-state index contributed by atoms with van der Waals surface area (Å²) < 4.78 is 17.1. The molecule has 0 spiro atoms. The van der Waals surface area contributed by atoms with Gasteiger partial charge in [-0.25, -0.2) is 4.98 Å². The van der Waals surface area contributed by atoms with Crippen LogP contribution in [-0.4, -0.2) is 39.5 Å². The van der Waals surface area contributed by atoms with Crippen LogP contribution in [0.4, 0.5) is 0 Å². The molecule has 3 heterocycles. The summed E-state index contributed by atoms with van der Waals surface area (Å²) in [6, 6.07) is 15.2. The number of aromatic hydroxyl groups is 1. The molecule has 3 aromatic heterocycles. The number of thiazole rings is 1. The van der Waals surface area contributed by atoms with Crippen LogP contribution in [0, 0.1) is 0 Å². The fraction of sp³-hybridized carbons (Fsp3) is 0.241. The Kier molecular flexibility index (Phi) is 7.74. The first-order valence-corrected chi connectivity index (χ1v) is 13.4. The fourth-order valence-electron chi connectivity index (χ4n) is 4.43. The average Bonchev–Trinajstić information content (AvgIpc) is 3.62. The zero-order chi connectivity index (χ0) is 27.4. The molecule has 0 bridgehead atoms. The summed E-state index contributed by atoms with van der Waals surface area (Å²) in [5.41, 5.74) is 2.66. The molecule has 5 rings (SSSR count).